The number of nitrogens with one attached hydrogen (secondary N) is 2. The van der Waals surface area contributed by atoms with E-state index in [4.69, 9.17) is 0 Å². The zero-order valence-electron chi connectivity index (χ0n) is 15.2. The lowest BCUT2D eigenvalue weighted by atomic mass is 10.1. The van der Waals surface area contributed by atoms with Crippen LogP contribution >= 0.6 is 0 Å². The summed E-state index contributed by atoms with van der Waals surface area (Å²) in [4.78, 5) is 28.6. The smallest absolute Gasteiger partial charge is 0.315 e. The normalized spacial score (nSPS) is 23.5. The van der Waals surface area contributed by atoms with E-state index in [1.807, 2.05) is 11.0 Å². The molecule has 0 bridgehead atoms. The molecule has 26 heavy (non-hydrogen) atoms. The molecule has 1 aromatic carbocycles. The zero-order chi connectivity index (χ0) is 17.9. The highest BCUT2D eigenvalue weighted by molar-refractivity contribution is 5.82. The van der Waals surface area contributed by atoms with Gasteiger partial charge in [0.1, 0.15) is 0 Å². The molecular formula is C20H28N4O2. The summed E-state index contributed by atoms with van der Waals surface area (Å²) < 4.78 is 0. The Morgan fingerprint density at radius 2 is 1.85 bits per heavy atom. The molecule has 2 saturated heterocycles. The largest absolute Gasteiger partial charge is 0.338 e. The fourth-order valence-electron chi connectivity index (χ4n) is 4.05. The van der Waals surface area contributed by atoms with Crippen LogP contribution in [0.25, 0.3) is 0 Å². The zero-order valence-corrected chi connectivity index (χ0v) is 15.2. The monoisotopic (exact) mass is 356 g/mol. The minimum absolute atomic E-state index is 0.0667. The van der Waals surface area contributed by atoms with Gasteiger partial charge in [0.05, 0.1) is 6.04 Å². The molecule has 6 nitrogen and oxygen atoms in total. The molecule has 4 rings (SSSR count). The fraction of sp³-hybridized carbons (Fsp3) is 0.600. The van der Waals surface area contributed by atoms with Gasteiger partial charge in [0, 0.05) is 32.1 Å². The summed E-state index contributed by atoms with van der Waals surface area (Å²) in [5.74, 6) is 0.175. The van der Waals surface area contributed by atoms with E-state index in [1.54, 1.807) is 0 Å². The Balaban J connectivity index is 1.27. The van der Waals surface area contributed by atoms with Crippen molar-refractivity contribution in [2.24, 2.45) is 0 Å². The average Bonchev–Trinajstić information content (AvgIpc) is 3.22. The predicted octanol–water partition coefficient (Wildman–Crippen LogP) is 1.84. The summed E-state index contributed by atoms with van der Waals surface area (Å²) in [6, 6.07) is 8.49. The number of nitrogens with zero attached hydrogens (tertiary/aromatic N) is 2. The second-order valence-electron chi connectivity index (χ2n) is 7.76. The van der Waals surface area contributed by atoms with E-state index >= 15 is 0 Å². The first kappa shape index (κ1) is 17.3. The molecule has 2 heterocycles. The molecule has 6 heteroatoms. The molecule has 0 spiro atoms. The van der Waals surface area contributed by atoms with Gasteiger partial charge in [-0.3, -0.25) is 9.69 Å². The quantitative estimate of drug-likeness (QED) is 0.818. The number of urea groups is 1. The van der Waals surface area contributed by atoms with E-state index in [0.717, 1.165) is 38.0 Å². The third-order valence-electron chi connectivity index (χ3n) is 5.63. The Morgan fingerprint density at radius 1 is 1.12 bits per heavy atom. The van der Waals surface area contributed by atoms with Crippen LogP contribution < -0.4 is 10.6 Å². The van der Waals surface area contributed by atoms with Crippen LogP contribution in [0.4, 0.5) is 4.79 Å². The second kappa shape index (κ2) is 7.66. The van der Waals surface area contributed by atoms with E-state index in [0.29, 0.717) is 25.6 Å². The van der Waals surface area contributed by atoms with Gasteiger partial charge in [-0.25, -0.2) is 4.79 Å². The summed E-state index contributed by atoms with van der Waals surface area (Å²) in [5, 5.41) is 5.93. The Bertz CT molecular complexity index is 668. The predicted molar refractivity (Wildman–Crippen MR) is 99.5 cm³/mol. The molecule has 2 aliphatic heterocycles. The number of hydrogen-bond acceptors (Lipinski definition) is 3. The van der Waals surface area contributed by atoms with Crippen molar-refractivity contribution in [2.75, 3.05) is 19.6 Å². The number of rotatable bonds is 6. The van der Waals surface area contributed by atoms with Crippen molar-refractivity contribution in [1.82, 2.24) is 20.4 Å². The van der Waals surface area contributed by atoms with Crippen LogP contribution in [0.15, 0.2) is 24.3 Å². The van der Waals surface area contributed by atoms with Crippen LogP contribution in [0.3, 0.4) is 0 Å². The first-order valence-corrected chi connectivity index (χ1v) is 9.82. The van der Waals surface area contributed by atoms with Gasteiger partial charge in [0.25, 0.3) is 0 Å². The molecule has 1 saturated carbocycles. The van der Waals surface area contributed by atoms with Crippen molar-refractivity contribution >= 4 is 11.9 Å². The second-order valence-corrected chi connectivity index (χ2v) is 7.76. The molecular weight excluding hydrogens is 328 g/mol. The Morgan fingerprint density at radius 3 is 2.58 bits per heavy atom. The molecule has 3 fully saturated rings. The highest BCUT2D eigenvalue weighted by atomic mass is 16.2. The van der Waals surface area contributed by atoms with Gasteiger partial charge >= 0.3 is 6.03 Å². The van der Waals surface area contributed by atoms with Crippen LogP contribution in [0.2, 0.25) is 0 Å². The van der Waals surface area contributed by atoms with Crippen LogP contribution in [0, 0.1) is 0 Å². The molecule has 3 aliphatic rings. The number of amides is 3. The Hall–Kier alpha value is -2.08. The number of hydrogen-bond donors (Lipinski definition) is 2. The van der Waals surface area contributed by atoms with Gasteiger partial charge < -0.3 is 15.5 Å². The molecule has 0 radical (unpaired) electrons. The number of likely N-dealkylation sites (tertiary alicyclic amines) is 2. The first-order chi connectivity index (χ1) is 12.7. The summed E-state index contributed by atoms with van der Waals surface area (Å²) in [5.41, 5.74) is 2.45. The number of benzene rings is 1. The van der Waals surface area contributed by atoms with Gasteiger partial charge in [0.2, 0.25) is 5.91 Å². The maximum Gasteiger partial charge on any atom is 0.315 e. The van der Waals surface area contributed by atoms with Crippen molar-refractivity contribution in [3.05, 3.63) is 35.4 Å². The third kappa shape index (κ3) is 4.18. The standard InChI is InChI=1S/C20H28N4O2/c25-19-11-17(14-24(19)18-7-8-18)22-20(26)21-12-15-5-1-2-6-16(15)13-23-9-3-4-10-23/h1-2,5-6,17-18H,3-4,7-14H2,(H2,21,22,26). The summed E-state index contributed by atoms with van der Waals surface area (Å²) in [6.45, 7) is 4.45. The fourth-order valence-corrected chi connectivity index (χ4v) is 4.05. The van der Waals surface area contributed by atoms with E-state index < -0.39 is 0 Å². The Labute approximate surface area is 154 Å². The van der Waals surface area contributed by atoms with Crippen LogP contribution in [0.1, 0.15) is 43.2 Å². The minimum atomic E-state index is -0.184. The molecule has 2 N–H and O–H groups in total. The lowest BCUT2D eigenvalue weighted by Crippen LogP contribution is -2.43. The first-order valence-electron chi connectivity index (χ1n) is 9.82. The SMILES string of the molecule is O=C(NCc1ccccc1CN1CCCC1)NC1CC(=O)N(C2CC2)C1. The van der Waals surface area contributed by atoms with E-state index in [-0.39, 0.29) is 18.0 Å². The topological polar surface area (TPSA) is 64.7 Å². The summed E-state index contributed by atoms with van der Waals surface area (Å²) in [7, 11) is 0. The molecule has 1 aromatic rings. The van der Waals surface area contributed by atoms with Crippen LogP contribution in [-0.4, -0.2) is 53.5 Å². The van der Waals surface area contributed by atoms with Crippen molar-refractivity contribution in [2.45, 2.75) is 57.3 Å². The average molecular weight is 356 g/mol. The highest BCUT2D eigenvalue weighted by Gasteiger charge is 2.39. The van der Waals surface area contributed by atoms with Gasteiger partial charge in [-0.2, -0.15) is 0 Å². The number of carbonyl (C=O) groups is 2. The van der Waals surface area contributed by atoms with Crippen molar-refractivity contribution in [1.29, 1.82) is 0 Å². The molecule has 1 aliphatic carbocycles. The van der Waals surface area contributed by atoms with Crippen molar-refractivity contribution in [3.8, 4) is 0 Å². The van der Waals surface area contributed by atoms with Crippen LogP contribution in [0.5, 0.6) is 0 Å². The molecule has 1 unspecified atom stereocenters. The highest BCUT2D eigenvalue weighted by Crippen LogP contribution is 2.30. The van der Waals surface area contributed by atoms with Gasteiger partial charge in [0.15, 0.2) is 0 Å². The minimum Gasteiger partial charge on any atom is -0.338 e. The molecule has 3 amide bonds. The lowest BCUT2D eigenvalue weighted by Gasteiger charge is -2.19. The van der Waals surface area contributed by atoms with E-state index in [9.17, 15) is 9.59 Å². The molecule has 140 valence electrons. The maximum atomic E-state index is 12.3. The lowest BCUT2D eigenvalue weighted by molar-refractivity contribution is -0.128. The molecule has 0 aromatic heterocycles. The van der Waals surface area contributed by atoms with Gasteiger partial charge in [-0.15, -0.1) is 0 Å². The Kier molecular flexibility index (Phi) is 5.11. The van der Waals surface area contributed by atoms with Crippen molar-refractivity contribution in [3.63, 3.8) is 0 Å². The maximum absolute atomic E-state index is 12.3. The summed E-state index contributed by atoms with van der Waals surface area (Å²) in [6.07, 6.45) is 5.20. The summed E-state index contributed by atoms with van der Waals surface area (Å²) >= 11 is 0. The van der Waals surface area contributed by atoms with E-state index in [2.05, 4.69) is 33.7 Å². The number of carbonyl (C=O) groups excluding carboxylic acids is 2. The van der Waals surface area contributed by atoms with Gasteiger partial charge in [-0.05, 0) is 49.9 Å². The molecule has 1 atom stereocenters. The van der Waals surface area contributed by atoms with Crippen molar-refractivity contribution < 1.29 is 9.59 Å². The third-order valence-corrected chi connectivity index (χ3v) is 5.63. The van der Waals surface area contributed by atoms with Gasteiger partial charge in [-0.1, -0.05) is 24.3 Å². The van der Waals surface area contributed by atoms with Crippen LogP contribution in [-0.2, 0) is 17.9 Å². The van der Waals surface area contributed by atoms with E-state index in [1.165, 1.54) is 18.4 Å².